The fourth-order valence-electron chi connectivity index (χ4n) is 3.78. The van der Waals surface area contributed by atoms with Crippen LogP contribution in [0.15, 0.2) is 29.4 Å². The number of hydrogen-bond donors (Lipinski definition) is 0. The lowest BCUT2D eigenvalue weighted by Gasteiger charge is -2.38. The molecule has 0 N–H and O–H groups in total. The molecule has 38 heavy (non-hydrogen) atoms. The number of hydrogen-bond acceptors (Lipinski definition) is 10. The molecule has 0 bridgehead atoms. The van der Waals surface area contributed by atoms with E-state index in [1.54, 1.807) is 21.7 Å². The van der Waals surface area contributed by atoms with Crippen molar-refractivity contribution in [2.75, 3.05) is 32.9 Å². The molecule has 3 rings (SSSR count). The summed E-state index contributed by atoms with van der Waals surface area (Å²) in [6.07, 6.45) is 0.187. The lowest BCUT2D eigenvalue weighted by molar-refractivity contribution is -0.384. The zero-order valence-electron chi connectivity index (χ0n) is 23.3. The van der Waals surface area contributed by atoms with Crippen molar-refractivity contribution in [2.24, 2.45) is 0 Å². The van der Waals surface area contributed by atoms with Crippen molar-refractivity contribution < 1.29 is 18.9 Å². The van der Waals surface area contributed by atoms with E-state index in [-0.39, 0.29) is 29.5 Å². The zero-order chi connectivity index (χ0) is 28.1. The van der Waals surface area contributed by atoms with Crippen LogP contribution < -0.4 is 0 Å². The van der Waals surface area contributed by atoms with Crippen molar-refractivity contribution in [3.05, 3.63) is 39.9 Å². The third-order valence-corrected chi connectivity index (χ3v) is 12.7. The number of carbonyl (C=O) groups is 1. The van der Waals surface area contributed by atoms with E-state index < -0.39 is 19.3 Å². The molecule has 0 spiro atoms. The predicted molar refractivity (Wildman–Crippen MR) is 148 cm³/mol. The average molecular weight is 566 g/mol. The van der Waals surface area contributed by atoms with Gasteiger partial charge in [-0.3, -0.25) is 10.1 Å². The van der Waals surface area contributed by atoms with Crippen molar-refractivity contribution in [3.63, 3.8) is 0 Å². The van der Waals surface area contributed by atoms with E-state index in [4.69, 9.17) is 9.16 Å². The van der Waals surface area contributed by atoms with E-state index in [1.165, 1.54) is 23.9 Å². The number of non-ortho nitro benzene ring substituents is 1. The van der Waals surface area contributed by atoms with Crippen LogP contribution in [0, 0.1) is 10.1 Å². The van der Waals surface area contributed by atoms with E-state index in [2.05, 4.69) is 54.3 Å². The maximum atomic E-state index is 13.2. The Hall–Kier alpha value is -2.55. The van der Waals surface area contributed by atoms with Crippen LogP contribution in [-0.2, 0) is 22.3 Å². The second-order valence-electron chi connectivity index (χ2n) is 11.3. The minimum absolute atomic E-state index is 0.00440. The van der Waals surface area contributed by atoms with Gasteiger partial charge in [0.15, 0.2) is 8.32 Å². The number of nitrogens with zero attached hydrogens (tertiary/aromatic N) is 7. The number of benzene rings is 1. The molecule has 2 atom stereocenters. The summed E-state index contributed by atoms with van der Waals surface area (Å²) in [7, 11) is 1.96. The van der Waals surface area contributed by atoms with Gasteiger partial charge in [-0.25, -0.2) is 9.48 Å². The first-order valence-corrected chi connectivity index (χ1v) is 16.5. The number of rotatable bonds is 11. The standard InChI is InChI=1S/C24H39N7O5SSi/c1-24(2,3)38(6,7)36-21-14-20(17-37-22-25-26-27-30(22)13-12-28(4)5)29(15-21)23(32)35-16-18-8-10-19(11-9-18)31(33)34/h8-11,20-21H,12-17H2,1-7H3. The van der Waals surface area contributed by atoms with Gasteiger partial charge in [-0.1, -0.05) is 32.5 Å². The van der Waals surface area contributed by atoms with Crippen LogP contribution in [0.1, 0.15) is 32.8 Å². The molecule has 2 aromatic rings. The number of tetrazole rings is 1. The lowest BCUT2D eigenvalue weighted by atomic mass is 10.2. The second-order valence-corrected chi connectivity index (χ2v) is 17.1. The molecule has 0 aliphatic carbocycles. The number of aromatic nitrogens is 4. The maximum Gasteiger partial charge on any atom is 0.410 e. The van der Waals surface area contributed by atoms with Crippen molar-refractivity contribution in [1.29, 1.82) is 0 Å². The van der Waals surface area contributed by atoms with Crippen molar-refractivity contribution in [3.8, 4) is 0 Å². The van der Waals surface area contributed by atoms with Crippen LogP contribution in [0.2, 0.25) is 18.1 Å². The Kier molecular flexibility index (Phi) is 9.89. The van der Waals surface area contributed by atoms with Crippen LogP contribution in [-0.4, -0.2) is 94.4 Å². The van der Waals surface area contributed by atoms with Crippen LogP contribution in [0.4, 0.5) is 10.5 Å². The van der Waals surface area contributed by atoms with Gasteiger partial charge in [0, 0.05) is 37.0 Å². The topological polar surface area (TPSA) is 129 Å². The molecule has 0 saturated carbocycles. The molecule has 1 saturated heterocycles. The van der Waals surface area contributed by atoms with E-state index >= 15 is 0 Å². The number of amides is 1. The van der Waals surface area contributed by atoms with Gasteiger partial charge in [0.05, 0.1) is 17.6 Å². The highest BCUT2D eigenvalue weighted by molar-refractivity contribution is 7.99. The number of nitro benzene ring substituents is 1. The minimum atomic E-state index is -2.04. The highest BCUT2D eigenvalue weighted by Crippen LogP contribution is 2.39. The third-order valence-electron chi connectivity index (χ3n) is 7.05. The summed E-state index contributed by atoms with van der Waals surface area (Å²) in [5.74, 6) is 0.604. The number of carbonyl (C=O) groups excluding carboxylic acids is 1. The summed E-state index contributed by atoms with van der Waals surface area (Å²) in [4.78, 5) is 27.5. The molecular formula is C24H39N7O5SSi. The van der Waals surface area contributed by atoms with Gasteiger partial charge >= 0.3 is 6.09 Å². The molecule has 1 aromatic carbocycles. The van der Waals surface area contributed by atoms with Crippen LogP contribution in [0.25, 0.3) is 0 Å². The predicted octanol–water partition coefficient (Wildman–Crippen LogP) is 4.04. The maximum absolute atomic E-state index is 13.2. The molecule has 2 heterocycles. The molecular weight excluding hydrogens is 526 g/mol. The first kappa shape index (κ1) is 30.0. The van der Waals surface area contributed by atoms with Crippen molar-refractivity contribution in [1.82, 2.24) is 30.0 Å². The molecule has 210 valence electrons. The van der Waals surface area contributed by atoms with Crippen molar-refractivity contribution >= 4 is 31.9 Å². The fourth-order valence-corrected chi connectivity index (χ4v) is 6.17. The Morgan fingerprint density at radius 1 is 1.26 bits per heavy atom. The van der Waals surface area contributed by atoms with E-state index in [9.17, 15) is 14.9 Å². The number of likely N-dealkylation sites (N-methyl/N-ethyl adjacent to an activating group) is 1. The Bertz CT molecular complexity index is 1090. The number of thioether (sulfide) groups is 1. The van der Waals surface area contributed by atoms with E-state index in [1.807, 2.05) is 14.1 Å². The van der Waals surface area contributed by atoms with Gasteiger partial charge in [0.2, 0.25) is 5.16 Å². The first-order chi connectivity index (χ1) is 17.8. The number of ether oxygens (including phenoxy) is 1. The molecule has 12 nitrogen and oxygen atoms in total. The first-order valence-electron chi connectivity index (χ1n) is 12.6. The van der Waals surface area contributed by atoms with Gasteiger partial charge in [-0.05, 0) is 66.8 Å². The van der Waals surface area contributed by atoms with Crippen molar-refractivity contribution in [2.45, 2.75) is 75.8 Å². The quantitative estimate of drug-likeness (QED) is 0.170. The van der Waals surface area contributed by atoms with Gasteiger partial charge in [-0.15, -0.1) is 5.10 Å². The summed E-state index contributed by atoms with van der Waals surface area (Å²) >= 11 is 1.52. The summed E-state index contributed by atoms with van der Waals surface area (Å²) in [6, 6.07) is 5.89. The molecule has 1 amide bonds. The second kappa shape index (κ2) is 12.5. The van der Waals surface area contributed by atoms with Crippen LogP contribution in [0.5, 0.6) is 0 Å². The summed E-state index contributed by atoms with van der Waals surface area (Å²) < 4.78 is 14.1. The SMILES string of the molecule is CN(C)CCn1nnnc1SCC1CC(O[Si](C)(C)C(C)(C)C)CN1C(=O)OCc1ccc([N+](=O)[O-])cc1. The van der Waals surface area contributed by atoms with Gasteiger partial charge in [-0.2, -0.15) is 0 Å². The molecule has 0 radical (unpaired) electrons. The summed E-state index contributed by atoms with van der Waals surface area (Å²) in [6.45, 7) is 13.0. The van der Waals surface area contributed by atoms with E-state index in [0.29, 0.717) is 36.0 Å². The molecule has 1 aliphatic heterocycles. The van der Waals surface area contributed by atoms with Gasteiger partial charge < -0.3 is 19.0 Å². The van der Waals surface area contributed by atoms with Crippen LogP contribution in [0.3, 0.4) is 0 Å². The molecule has 1 fully saturated rings. The summed E-state index contributed by atoms with van der Waals surface area (Å²) in [5.41, 5.74) is 0.679. The fraction of sp³-hybridized carbons (Fsp3) is 0.667. The largest absolute Gasteiger partial charge is 0.445 e. The smallest absolute Gasteiger partial charge is 0.410 e. The highest BCUT2D eigenvalue weighted by atomic mass is 32.2. The van der Waals surface area contributed by atoms with E-state index in [0.717, 1.165) is 6.54 Å². The normalized spacial score (nSPS) is 18.3. The Balaban J connectivity index is 1.68. The highest BCUT2D eigenvalue weighted by Gasteiger charge is 2.44. The Morgan fingerprint density at radius 3 is 2.55 bits per heavy atom. The third kappa shape index (κ3) is 7.98. The van der Waals surface area contributed by atoms with Gasteiger partial charge in [0.25, 0.3) is 5.69 Å². The van der Waals surface area contributed by atoms with Gasteiger partial charge in [0.1, 0.15) is 6.61 Å². The monoisotopic (exact) mass is 565 g/mol. The Morgan fingerprint density at radius 2 is 1.95 bits per heavy atom. The molecule has 2 unspecified atom stereocenters. The number of nitro groups is 1. The number of likely N-dealkylation sites (tertiary alicyclic amines) is 1. The molecule has 14 heteroatoms. The zero-order valence-corrected chi connectivity index (χ0v) is 25.1. The van der Waals surface area contributed by atoms with Crippen LogP contribution >= 0.6 is 11.8 Å². The Labute approximate surface area is 229 Å². The molecule has 1 aromatic heterocycles. The molecule has 1 aliphatic rings. The average Bonchev–Trinajstić information content (AvgIpc) is 3.45. The minimum Gasteiger partial charge on any atom is -0.445 e. The summed E-state index contributed by atoms with van der Waals surface area (Å²) in [5, 5.41) is 23.8. The lowest BCUT2D eigenvalue weighted by Crippen LogP contribution is -2.44.